The average molecular weight is 176 g/mol. The summed E-state index contributed by atoms with van der Waals surface area (Å²) in [6.45, 7) is 2.25. The second-order valence-electron chi connectivity index (χ2n) is 4.39. The van der Waals surface area contributed by atoms with Gasteiger partial charge in [-0.3, -0.25) is 4.68 Å². The maximum atomic E-state index is 4.73. The van der Waals surface area contributed by atoms with Gasteiger partial charge in [-0.25, -0.2) is 0 Å². The van der Waals surface area contributed by atoms with Crippen molar-refractivity contribution in [2.24, 2.45) is 0 Å². The van der Waals surface area contributed by atoms with Gasteiger partial charge in [0.05, 0.1) is 11.7 Å². The molecule has 3 rings (SSSR count). The standard InChI is InChI=1S/C11H16N2/c1-8-10-4-2-3-5-11(10)12-13(8)9-6-7-9/h9H,2-7H2,1H3. The van der Waals surface area contributed by atoms with Gasteiger partial charge in [-0.1, -0.05) is 0 Å². The Balaban J connectivity index is 2.06. The van der Waals surface area contributed by atoms with E-state index < -0.39 is 0 Å². The van der Waals surface area contributed by atoms with Crippen molar-refractivity contribution in [3.8, 4) is 0 Å². The van der Waals surface area contributed by atoms with Crippen molar-refractivity contribution in [3.05, 3.63) is 17.0 Å². The van der Waals surface area contributed by atoms with Crippen LogP contribution in [0.15, 0.2) is 0 Å². The van der Waals surface area contributed by atoms with Crippen LogP contribution in [0.4, 0.5) is 0 Å². The summed E-state index contributed by atoms with van der Waals surface area (Å²) < 4.78 is 2.29. The predicted octanol–water partition coefficient (Wildman–Crippen LogP) is 2.41. The number of aromatic nitrogens is 2. The first-order valence-corrected chi connectivity index (χ1v) is 5.43. The fourth-order valence-corrected chi connectivity index (χ4v) is 2.41. The van der Waals surface area contributed by atoms with E-state index in [4.69, 9.17) is 5.10 Å². The quantitative estimate of drug-likeness (QED) is 0.642. The van der Waals surface area contributed by atoms with E-state index >= 15 is 0 Å². The minimum absolute atomic E-state index is 0.755. The molecule has 0 unspecified atom stereocenters. The summed E-state index contributed by atoms with van der Waals surface area (Å²) in [6, 6.07) is 0.755. The van der Waals surface area contributed by atoms with Crippen molar-refractivity contribution in [1.82, 2.24) is 9.78 Å². The molecule has 0 N–H and O–H groups in total. The lowest BCUT2D eigenvalue weighted by molar-refractivity contribution is 0.607. The third-order valence-electron chi connectivity index (χ3n) is 3.34. The topological polar surface area (TPSA) is 17.8 Å². The molecule has 2 aliphatic carbocycles. The maximum absolute atomic E-state index is 4.73. The summed E-state index contributed by atoms with van der Waals surface area (Å²) in [4.78, 5) is 0. The van der Waals surface area contributed by atoms with E-state index in [-0.39, 0.29) is 0 Å². The van der Waals surface area contributed by atoms with E-state index in [1.54, 1.807) is 5.56 Å². The van der Waals surface area contributed by atoms with Crippen LogP contribution >= 0.6 is 0 Å². The van der Waals surface area contributed by atoms with Crippen molar-refractivity contribution in [3.63, 3.8) is 0 Å². The van der Waals surface area contributed by atoms with E-state index in [2.05, 4.69) is 11.6 Å². The Kier molecular flexibility index (Phi) is 1.52. The van der Waals surface area contributed by atoms with Crippen LogP contribution in [-0.2, 0) is 12.8 Å². The molecule has 0 aromatic carbocycles. The van der Waals surface area contributed by atoms with Gasteiger partial charge in [0.1, 0.15) is 0 Å². The first-order chi connectivity index (χ1) is 6.36. The van der Waals surface area contributed by atoms with Gasteiger partial charge in [0.25, 0.3) is 0 Å². The summed E-state index contributed by atoms with van der Waals surface area (Å²) in [5, 5.41) is 4.73. The third kappa shape index (κ3) is 1.11. The highest BCUT2D eigenvalue weighted by Gasteiger charge is 2.28. The third-order valence-corrected chi connectivity index (χ3v) is 3.34. The molecule has 2 heteroatoms. The Morgan fingerprint density at radius 3 is 2.69 bits per heavy atom. The van der Waals surface area contributed by atoms with Gasteiger partial charge in [0.2, 0.25) is 0 Å². The Labute approximate surface area is 78.9 Å². The van der Waals surface area contributed by atoms with Crippen LogP contribution in [0.3, 0.4) is 0 Å². The SMILES string of the molecule is Cc1c2c(nn1C1CC1)CCCC2. The van der Waals surface area contributed by atoms with Crippen molar-refractivity contribution in [1.29, 1.82) is 0 Å². The molecule has 1 heterocycles. The van der Waals surface area contributed by atoms with Crippen LogP contribution in [0, 0.1) is 6.92 Å². The second-order valence-corrected chi connectivity index (χ2v) is 4.39. The van der Waals surface area contributed by atoms with Crippen molar-refractivity contribution < 1.29 is 0 Å². The molecule has 2 nitrogen and oxygen atoms in total. The monoisotopic (exact) mass is 176 g/mol. The minimum Gasteiger partial charge on any atom is -0.266 e. The van der Waals surface area contributed by atoms with E-state index in [0.29, 0.717) is 0 Å². The lowest BCUT2D eigenvalue weighted by atomic mass is 9.96. The highest BCUT2D eigenvalue weighted by atomic mass is 15.3. The van der Waals surface area contributed by atoms with Gasteiger partial charge in [-0.05, 0) is 51.0 Å². The molecule has 0 saturated heterocycles. The van der Waals surface area contributed by atoms with E-state index in [0.717, 1.165) is 6.04 Å². The molecule has 0 atom stereocenters. The van der Waals surface area contributed by atoms with Crippen molar-refractivity contribution in [2.75, 3.05) is 0 Å². The lowest BCUT2D eigenvalue weighted by Crippen LogP contribution is -2.00. The van der Waals surface area contributed by atoms with Crippen LogP contribution in [-0.4, -0.2) is 9.78 Å². The summed E-state index contributed by atoms with van der Waals surface area (Å²) in [7, 11) is 0. The summed E-state index contributed by atoms with van der Waals surface area (Å²) in [6.07, 6.45) is 7.89. The van der Waals surface area contributed by atoms with Crippen LogP contribution in [0.25, 0.3) is 0 Å². The average Bonchev–Trinajstić information content (AvgIpc) is 2.94. The van der Waals surface area contributed by atoms with Gasteiger partial charge in [0, 0.05) is 5.69 Å². The number of aryl methyl sites for hydroxylation is 1. The highest BCUT2D eigenvalue weighted by molar-refractivity contribution is 5.28. The molecule has 1 aromatic heterocycles. The molecule has 70 valence electrons. The molecule has 1 aromatic rings. The fourth-order valence-electron chi connectivity index (χ4n) is 2.41. The normalized spacial score (nSPS) is 21.6. The largest absolute Gasteiger partial charge is 0.266 e. The minimum atomic E-state index is 0.755. The van der Waals surface area contributed by atoms with E-state index in [9.17, 15) is 0 Å². The zero-order chi connectivity index (χ0) is 8.84. The zero-order valence-electron chi connectivity index (χ0n) is 8.21. The molecule has 0 radical (unpaired) electrons. The number of hydrogen-bond donors (Lipinski definition) is 0. The summed E-state index contributed by atoms with van der Waals surface area (Å²) in [5.41, 5.74) is 4.42. The number of fused-ring (bicyclic) bond motifs is 1. The lowest BCUT2D eigenvalue weighted by Gasteiger charge is -2.08. The van der Waals surface area contributed by atoms with Crippen LogP contribution in [0.1, 0.15) is 48.7 Å². The van der Waals surface area contributed by atoms with Gasteiger partial charge >= 0.3 is 0 Å². The maximum Gasteiger partial charge on any atom is 0.0659 e. The smallest absolute Gasteiger partial charge is 0.0659 e. The number of hydrogen-bond acceptors (Lipinski definition) is 1. The Morgan fingerprint density at radius 2 is 2.00 bits per heavy atom. The molecule has 2 aliphatic rings. The van der Waals surface area contributed by atoms with Gasteiger partial charge in [0.15, 0.2) is 0 Å². The van der Waals surface area contributed by atoms with E-state index in [1.165, 1.54) is 49.9 Å². The Morgan fingerprint density at radius 1 is 1.23 bits per heavy atom. The van der Waals surface area contributed by atoms with Gasteiger partial charge in [-0.2, -0.15) is 5.10 Å². The molecule has 0 aliphatic heterocycles. The molecule has 1 fully saturated rings. The zero-order valence-corrected chi connectivity index (χ0v) is 8.21. The number of rotatable bonds is 1. The predicted molar refractivity (Wildman–Crippen MR) is 51.9 cm³/mol. The Hall–Kier alpha value is -0.790. The molecular formula is C11H16N2. The van der Waals surface area contributed by atoms with E-state index in [1.807, 2.05) is 0 Å². The molecule has 0 amide bonds. The highest BCUT2D eigenvalue weighted by Crippen LogP contribution is 2.37. The Bertz CT molecular complexity index is 334. The van der Waals surface area contributed by atoms with Crippen LogP contribution < -0.4 is 0 Å². The summed E-state index contributed by atoms with van der Waals surface area (Å²) >= 11 is 0. The first kappa shape index (κ1) is 7.60. The van der Waals surface area contributed by atoms with Crippen LogP contribution in [0.2, 0.25) is 0 Å². The van der Waals surface area contributed by atoms with Crippen molar-refractivity contribution in [2.45, 2.75) is 51.5 Å². The van der Waals surface area contributed by atoms with Gasteiger partial charge < -0.3 is 0 Å². The molecule has 13 heavy (non-hydrogen) atoms. The molecule has 0 bridgehead atoms. The second kappa shape index (κ2) is 2.60. The summed E-state index contributed by atoms with van der Waals surface area (Å²) in [5.74, 6) is 0. The molecule has 1 saturated carbocycles. The fraction of sp³-hybridized carbons (Fsp3) is 0.727. The first-order valence-electron chi connectivity index (χ1n) is 5.43. The van der Waals surface area contributed by atoms with Crippen LogP contribution in [0.5, 0.6) is 0 Å². The number of nitrogens with zero attached hydrogens (tertiary/aromatic N) is 2. The van der Waals surface area contributed by atoms with Crippen molar-refractivity contribution >= 4 is 0 Å². The molecule has 0 spiro atoms. The van der Waals surface area contributed by atoms with Gasteiger partial charge in [-0.15, -0.1) is 0 Å². The molecular weight excluding hydrogens is 160 g/mol.